The summed E-state index contributed by atoms with van der Waals surface area (Å²) in [5.41, 5.74) is -1.25. The average molecular weight is 367 g/mol. The van der Waals surface area contributed by atoms with Gasteiger partial charge in [0.1, 0.15) is 5.60 Å². The number of hydrogen-bond donors (Lipinski definition) is 2. The molecule has 3 fully saturated rings. The van der Waals surface area contributed by atoms with Crippen molar-refractivity contribution in [2.75, 3.05) is 6.54 Å². The van der Waals surface area contributed by atoms with Crippen molar-refractivity contribution in [3.05, 3.63) is 0 Å². The Kier molecular flexibility index (Phi) is 5.01. The molecule has 3 rings (SSSR count). The number of carbonyl (C=O) groups excluding carboxylic acids is 2. The summed E-state index contributed by atoms with van der Waals surface area (Å²) in [6.45, 7) is 8.10. The molecule has 6 heteroatoms. The molecule has 0 aromatic rings. The molecule has 0 radical (unpaired) electrons. The first-order chi connectivity index (χ1) is 12.0. The minimum Gasteiger partial charge on any atom is -0.444 e. The van der Waals surface area contributed by atoms with Crippen LogP contribution in [0.1, 0.15) is 79.1 Å². The maximum atomic E-state index is 12.7. The average Bonchev–Trinajstić information content (AvgIpc) is 3.27. The van der Waals surface area contributed by atoms with Gasteiger partial charge in [-0.05, 0) is 79.1 Å². The van der Waals surface area contributed by atoms with E-state index < -0.39 is 11.2 Å². The zero-order valence-electron chi connectivity index (χ0n) is 16.6. The van der Waals surface area contributed by atoms with Gasteiger partial charge in [-0.25, -0.2) is 4.79 Å². The molecule has 1 atom stereocenters. The fourth-order valence-electron chi connectivity index (χ4n) is 4.34. The predicted molar refractivity (Wildman–Crippen MR) is 98.7 cm³/mol. The molecule has 1 unspecified atom stereocenters. The second-order valence-corrected chi connectivity index (χ2v) is 9.83. The van der Waals surface area contributed by atoms with E-state index in [4.69, 9.17) is 4.74 Å². The highest BCUT2D eigenvalue weighted by atomic mass is 16.6. The highest BCUT2D eigenvalue weighted by Gasteiger charge is 2.55. The molecule has 1 saturated heterocycles. The molecule has 2 amide bonds. The maximum Gasteiger partial charge on any atom is 0.410 e. The molecule has 1 aliphatic heterocycles. The van der Waals surface area contributed by atoms with Crippen molar-refractivity contribution in [1.29, 1.82) is 0 Å². The molecule has 2 saturated carbocycles. The van der Waals surface area contributed by atoms with E-state index >= 15 is 0 Å². The van der Waals surface area contributed by atoms with E-state index in [2.05, 4.69) is 5.32 Å². The molecule has 0 aromatic heterocycles. The SMILES string of the molecule is CC(C)(C)OC(=O)N1CCC(C(=O)N[C@H]2CC[C@](C)(O)CC2)CC12CC2. The van der Waals surface area contributed by atoms with Crippen LogP contribution < -0.4 is 5.32 Å². The number of rotatable bonds is 2. The quantitative estimate of drug-likeness (QED) is 0.787. The minimum absolute atomic E-state index is 0.0291. The number of hydrogen-bond acceptors (Lipinski definition) is 4. The molecule has 148 valence electrons. The van der Waals surface area contributed by atoms with E-state index in [1.807, 2.05) is 32.6 Å². The number of ether oxygens (including phenoxy) is 1. The lowest BCUT2D eigenvalue weighted by atomic mass is 9.83. The van der Waals surface area contributed by atoms with Crippen molar-refractivity contribution in [2.24, 2.45) is 5.92 Å². The van der Waals surface area contributed by atoms with E-state index in [-0.39, 0.29) is 29.5 Å². The summed E-state index contributed by atoms with van der Waals surface area (Å²) in [6, 6.07) is 0.168. The third-order valence-corrected chi connectivity index (χ3v) is 6.12. The van der Waals surface area contributed by atoms with E-state index in [0.29, 0.717) is 13.0 Å². The Bertz CT molecular complexity index is 553. The fourth-order valence-corrected chi connectivity index (χ4v) is 4.34. The van der Waals surface area contributed by atoms with Crippen molar-refractivity contribution in [2.45, 2.75) is 102 Å². The maximum absolute atomic E-state index is 12.7. The zero-order valence-corrected chi connectivity index (χ0v) is 16.6. The monoisotopic (exact) mass is 366 g/mol. The van der Waals surface area contributed by atoms with E-state index in [1.165, 1.54) is 0 Å². The van der Waals surface area contributed by atoms with Crippen molar-refractivity contribution in [3.63, 3.8) is 0 Å². The second kappa shape index (κ2) is 6.70. The predicted octanol–water partition coefficient (Wildman–Crippen LogP) is 2.98. The van der Waals surface area contributed by atoms with E-state index in [9.17, 15) is 14.7 Å². The fraction of sp³-hybridized carbons (Fsp3) is 0.900. The third kappa shape index (κ3) is 4.51. The molecule has 1 heterocycles. The summed E-state index contributed by atoms with van der Waals surface area (Å²) in [7, 11) is 0. The molecular formula is C20H34N2O4. The Morgan fingerprint density at radius 2 is 1.73 bits per heavy atom. The lowest BCUT2D eigenvalue weighted by Crippen LogP contribution is -2.53. The van der Waals surface area contributed by atoms with Crippen molar-refractivity contribution in [1.82, 2.24) is 10.2 Å². The highest BCUT2D eigenvalue weighted by molar-refractivity contribution is 5.80. The highest BCUT2D eigenvalue weighted by Crippen LogP contribution is 2.50. The summed E-state index contributed by atoms with van der Waals surface area (Å²) in [4.78, 5) is 27.1. The van der Waals surface area contributed by atoms with Crippen LogP contribution in [0.3, 0.4) is 0 Å². The number of amides is 2. The van der Waals surface area contributed by atoms with Crippen LogP contribution in [-0.2, 0) is 9.53 Å². The number of carbonyl (C=O) groups is 2. The van der Waals surface area contributed by atoms with Crippen molar-refractivity contribution >= 4 is 12.0 Å². The van der Waals surface area contributed by atoms with Crippen LogP contribution in [0.5, 0.6) is 0 Å². The topological polar surface area (TPSA) is 78.9 Å². The standard InChI is InChI=1S/C20H34N2O4/c1-18(2,3)26-17(24)22-12-7-14(13-20(22)10-11-20)16(23)21-15-5-8-19(4,25)9-6-15/h14-15,25H,5-13H2,1-4H3,(H,21,23)/t14?,15-,19-. The summed E-state index contributed by atoms with van der Waals surface area (Å²) >= 11 is 0. The lowest BCUT2D eigenvalue weighted by Gasteiger charge is -2.41. The zero-order chi connectivity index (χ0) is 19.2. The van der Waals surface area contributed by atoms with E-state index in [0.717, 1.165) is 44.9 Å². The molecule has 26 heavy (non-hydrogen) atoms. The van der Waals surface area contributed by atoms with Crippen LogP contribution >= 0.6 is 0 Å². The minimum atomic E-state index is -0.585. The molecule has 0 aromatic carbocycles. The van der Waals surface area contributed by atoms with Gasteiger partial charge in [-0.2, -0.15) is 0 Å². The van der Waals surface area contributed by atoms with Crippen LogP contribution in [-0.4, -0.2) is 51.3 Å². The van der Waals surface area contributed by atoms with Crippen molar-refractivity contribution in [3.8, 4) is 0 Å². The summed E-state index contributed by atoms with van der Waals surface area (Å²) in [5.74, 6) is 0.0882. The van der Waals surface area contributed by atoms with Gasteiger partial charge in [0.25, 0.3) is 0 Å². The van der Waals surface area contributed by atoms with Crippen LogP contribution in [0.4, 0.5) is 4.79 Å². The molecular weight excluding hydrogens is 332 g/mol. The number of likely N-dealkylation sites (tertiary alicyclic amines) is 1. The smallest absolute Gasteiger partial charge is 0.410 e. The van der Waals surface area contributed by atoms with Gasteiger partial charge in [0, 0.05) is 24.0 Å². The molecule has 1 spiro atoms. The van der Waals surface area contributed by atoms with Crippen LogP contribution in [0.15, 0.2) is 0 Å². The number of piperidine rings is 1. The lowest BCUT2D eigenvalue weighted by molar-refractivity contribution is -0.129. The van der Waals surface area contributed by atoms with Crippen LogP contribution in [0.2, 0.25) is 0 Å². The third-order valence-electron chi connectivity index (χ3n) is 6.12. The van der Waals surface area contributed by atoms with Gasteiger partial charge in [0.2, 0.25) is 5.91 Å². The van der Waals surface area contributed by atoms with Gasteiger partial charge in [0.05, 0.1) is 5.60 Å². The van der Waals surface area contributed by atoms with E-state index in [1.54, 1.807) is 0 Å². The van der Waals surface area contributed by atoms with Crippen LogP contribution in [0, 0.1) is 5.92 Å². The van der Waals surface area contributed by atoms with Gasteiger partial charge in [-0.15, -0.1) is 0 Å². The normalized spacial score (nSPS) is 33.7. The van der Waals surface area contributed by atoms with Crippen molar-refractivity contribution < 1.29 is 19.4 Å². The largest absolute Gasteiger partial charge is 0.444 e. The van der Waals surface area contributed by atoms with Gasteiger partial charge >= 0.3 is 6.09 Å². The summed E-state index contributed by atoms with van der Waals surface area (Å²) in [6.07, 6.45) is 6.24. The van der Waals surface area contributed by atoms with Gasteiger partial charge in [0.15, 0.2) is 0 Å². The second-order valence-electron chi connectivity index (χ2n) is 9.83. The van der Waals surface area contributed by atoms with Gasteiger partial charge in [-0.3, -0.25) is 4.79 Å². The first-order valence-electron chi connectivity index (χ1n) is 10.0. The first-order valence-corrected chi connectivity index (χ1v) is 10.0. The molecule has 2 aliphatic carbocycles. The Morgan fingerprint density at radius 1 is 1.12 bits per heavy atom. The Balaban J connectivity index is 1.53. The number of aliphatic hydroxyl groups is 1. The Morgan fingerprint density at radius 3 is 2.27 bits per heavy atom. The van der Waals surface area contributed by atoms with Gasteiger partial charge in [-0.1, -0.05) is 0 Å². The Hall–Kier alpha value is -1.30. The number of nitrogens with zero attached hydrogens (tertiary/aromatic N) is 1. The first kappa shape index (κ1) is 19.5. The van der Waals surface area contributed by atoms with Crippen LogP contribution in [0.25, 0.3) is 0 Å². The summed E-state index contributed by atoms with van der Waals surface area (Å²) < 4.78 is 5.55. The molecule has 6 nitrogen and oxygen atoms in total. The summed E-state index contributed by atoms with van der Waals surface area (Å²) in [5, 5.41) is 13.2. The molecule has 2 N–H and O–H groups in total. The molecule has 3 aliphatic rings. The number of nitrogens with one attached hydrogen (secondary N) is 1. The molecule has 0 bridgehead atoms. The van der Waals surface area contributed by atoms with Gasteiger partial charge < -0.3 is 20.1 Å². The Labute approximate surface area is 156 Å².